The molecule has 4 rings (SSSR count). The summed E-state index contributed by atoms with van der Waals surface area (Å²) in [5.74, 6) is 0. The fourth-order valence-electron chi connectivity index (χ4n) is 3.62. The zero-order chi connectivity index (χ0) is 20.7. The smallest absolute Gasteiger partial charge is 0.264 e. The van der Waals surface area contributed by atoms with Gasteiger partial charge in [-0.25, -0.2) is 13.8 Å². The van der Waals surface area contributed by atoms with Gasteiger partial charge in [-0.1, -0.05) is 49.4 Å². The van der Waals surface area contributed by atoms with Gasteiger partial charge >= 0.3 is 0 Å². The van der Waals surface area contributed by atoms with Gasteiger partial charge in [0, 0.05) is 17.2 Å². The maximum absolute atomic E-state index is 14.0. The number of halogens is 2. The van der Waals surface area contributed by atoms with Crippen LogP contribution in [-0.4, -0.2) is 14.5 Å². The van der Waals surface area contributed by atoms with Gasteiger partial charge in [-0.3, -0.25) is 14.3 Å². The van der Waals surface area contributed by atoms with Gasteiger partial charge in [0.1, 0.15) is 5.65 Å². The van der Waals surface area contributed by atoms with E-state index in [1.165, 1.54) is 6.07 Å². The predicted octanol–water partition coefficient (Wildman–Crippen LogP) is 6.18. The first-order valence-corrected chi connectivity index (χ1v) is 9.79. The highest BCUT2D eigenvalue weighted by Gasteiger charge is 2.22. The minimum Gasteiger partial charge on any atom is -0.300 e. The van der Waals surface area contributed by atoms with Gasteiger partial charge in [-0.15, -0.1) is 0 Å². The van der Waals surface area contributed by atoms with E-state index in [0.29, 0.717) is 12.1 Å². The highest BCUT2D eigenvalue weighted by Crippen LogP contribution is 2.33. The number of benzene rings is 2. The maximum Gasteiger partial charge on any atom is 0.264 e. The number of aromatic nitrogens is 3. The molecule has 1 atom stereocenters. The van der Waals surface area contributed by atoms with Crippen LogP contribution in [0, 0.1) is 4.77 Å². The Labute approximate surface area is 170 Å². The highest BCUT2D eigenvalue weighted by molar-refractivity contribution is 7.71. The minimum atomic E-state index is -2.82. The van der Waals surface area contributed by atoms with Crippen LogP contribution in [0.15, 0.2) is 53.3 Å². The van der Waals surface area contributed by atoms with Crippen LogP contribution in [0.25, 0.3) is 33.1 Å². The Morgan fingerprint density at radius 2 is 1.90 bits per heavy atom. The molecule has 0 saturated heterocycles. The molecule has 0 aliphatic rings. The van der Waals surface area contributed by atoms with Crippen LogP contribution in [0.2, 0.25) is 0 Å². The van der Waals surface area contributed by atoms with Crippen molar-refractivity contribution in [2.75, 3.05) is 0 Å². The van der Waals surface area contributed by atoms with Crippen LogP contribution in [-0.2, 0) is 0 Å². The van der Waals surface area contributed by atoms with E-state index in [-0.39, 0.29) is 27.4 Å². The molecular formula is C22H19F2N3OS. The van der Waals surface area contributed by atoms with Crippen molar-refractivity contribution in [2.45, 2.75) is 32.7 Å². The lowest BCUT2D eigenvalue weighted by atomic mass is 10.00. The summed E-state index contributed by atoms with van der Waals surface area (Å²) in [5.41, 5.74) is 0.326. The van der Waals surface area contributed by atoms with Crippen molar-refractivity contribution in [3.8, 4) is 11.3 Å². The van der Waals surface area contributed by atoms with Gasteiger partial charge in [0.2, 0.25) is 0 Å². The van der Waals surface area contributed by atoms with Crippen molar-refractivity contribution in [1.29, 1.82) is 0 Å². The molecule has 0 aliphatic carbocycles. The van der Waals surface area contributed by atoms with Crippen molar-refractivity contribution in [1.82, 2.24) is 14.5 Å². The second-order valence-electron chi connectivity index (χ2n) is 7.01. The lowest BCUT2D eigenvalue weighted by Gasteiger charge is -2.19. The summed E-state index contributed by atoms with van der Waals surface area (Å²) >= 11 is 5.34. The Hall–Kier alpha value is -2.93. The zero-order valence-corrected chi connectivity index (χ0v) is 16.8. The first kappa shape index (κ1) is 19.4. The second kappa shape index (κ2) is 7.48. The van der Waals surface area contributed by atoms with E-state index in [2.05, 4.69) is 9.97 Å². The topological polar surface area (TPSA) is 50.7 Å². The molecule has 148 valence electrons. The molecule has 1 N–H and O–H groups in total. The van der Waals surface area contributed by atoms with Crippen molar-refractivity contribution < 1.29 is 8.78 Å². The Morgan fingerprint density at radius 1 is 1.17 bits per heavy atom. The standard InChI is InChI=1S/C22H19F2N3OS/c1-3-12(2)27-20-18(21(28)26-22(27)29)16(19(23)24)11-17(25-20)15-10-6-8-13-7-4-5-9-14(13)15/h4-12,19H,3H2,1-2H3,(H,26,28,29). The van der Waals surface area contributed by atoms with E-state index >= 15 is 0 Å². The fraction of sp³-hybridized carbons (Fsp3) is 0.227. The molecule has 1 unspecified atom stereocenters. The minimum absolute atomic E-state index is 0.109. The molecule has 4 nitrogen and oxygen atoms in total. The summed E-state index contributed by atoms with van der Waals surface area (Å²) in [6.07, 6.45) is -2.11. The van der Waals surface area contributed by atoms with Crippen LogP contribution in [0.4, 0.5) is 8.78 Å². The first-order chi connectivity index (χ1) is 13.9. The first-order valence-electron chi connectivity index (χ1n) is 9.38. The second-order valence-corrected chi connectivity index (χ2v) is 7.40. The Kier molecular flexibility index (Phi) is 5.00. The molecule has 0 saturated carbocycles. The maximum atomic E-state index is 14.0. The quantitative estimate of drug-likeness (QED) is 0.408. The molecule has 4 aromatic rings. The third kappa shape index (κ3) is 3.25. The number of alkyl halides is 2. The largest absolute Gasteiger partial charge is 0.300 e. The van der Waals surface area contributed by atoms with Gasteiger partial charge in [-0.05, 0) is 42.4 Å². The lowest BCUT2D eigenvalue weighted by Crippen LogP contribution is -2.19. The number of nitrogens with one attached hydrogen (secondary N) is 1. The van der Waals surface area contributed by atoms with Crippen LogP contribution >= 0.6 is 12.2 Å². The van der Waals surface area contributed by atoms with Gasteiger partial charge in [0.25, 0.3) is 12.0 Å². The zero-order valence-electron chi connectivity index (χ0n) is 15.9. The number of fused-ring (bicyclic) bond motifs is 2. The molecule has 29 heavy (non-hydrogen) atoms. The van der Waals surface area contributed by atoms with Crippen molar-refractivity contribution in [3.63, 3.8) is 0 Å². The van der Waals surface area contributed by atoms with Crippen LogP contribution < -0.4 is 5.56 Å². The summed E-state index contributed by atoms with van der Waals surface area (Å²) in [5, 5.41) is 1.77. The van der Waals surface area contributed by atoms with Gasteiger partial charge in [0.05, 0.1) is 11.1 Å². The molecule has 2 aromatic heterocycles. The van der Waals surface area contributed by atoms with Crippen molar-refractivity contribution in [3.05, 3.63) is 69.2 Å². The van der Waals surface area contributed by atoms with E-state index in [9.17, 15) is 13.6 Å². The Balaban J connectivity index is 2.17. The molecule has 2 heterocycles. The van der Waals surface area contributed by atoms with Crippen molar-refractivity contribution in [2.24, 2.45) is 0 Å². The Bertz CT molecular complexity index is 1340. The molecule has 0 bridgehead atoms. The van der Waals surface area contributed by atoms with E-state index < -0.39 is 12.0 Å². The average molecular weight is 411 g/mol. The van der Waals surface area contributed by atoms with Crippen LogP contribution in [0.5, 0.6) is 0 Å². The van der Waals surface area contributed by atoms with Gasteiger partial charge in [-0.2, -0.15) is 0 Å². The molecule has 0 fully saturated rings. The average Bonchev–Trinajstić information content (AvgIpc) is 2.72. The molecule has 0 aliphatic heterocycles. The number of rotatable bonds is 4. The number of hydrogen-bond donors (Lipinski definition) is 1. The van der Waals surface area contributed by atoms with Crippen LogP contribution in [0.3, 0.4) is 0 Å². The third-order valence-electron chi connectivity index (χ3n) is 5.26. The summed E-state index contributed by atoms with van der Waals surface area (Å²) in [7, 11) is 0. The highest BCUT2D eigenvalue weighted by atomic mass is 32.1. The van der Waals surface area contributed by atoms with E-state index in [4.69, 9.17) is 12.2 Å². The lowest BCUT2D eigenvalue weighted by molar-refractivity contribution is 0.153. The summed E-state index contributed by atoms with van der Waals surface area (Å²) in [6.45, 7) is 3.88. The molecular weight excluding hydrogens is 392 g/mol. The molecule has 0 radical (unpaired) electrons. The van der Waals surface area contributed by atoms with Gasteiger partial charge < -0.3 is 0 Å². The van der Waals surface area contributed by atoms with E-state index in [0.717, 1.165) is 16.3 Å². The summed E-state index contributed by atoms with van der Waals surface area (Å²) in [4.78, 5) is 19.7. The number of aromatic amines is 1. The SMILES string of the molecule is CCC(C)n1c(=S)[nH]c(=O)c2c(C(F)F)cc(-c3cccc4ccccc34)nc21. The summed E-state index contributed by atoms with van der Waals surface area (Å²) < 4.78 is 29.8. The van der Waals surface area contributed by atoms with E-state index in [1.807, 2.05) is 56.3 Å². The van der Waals surface area contributed by atoms with E-state index in [1.54, 1.807) is 4.57 Å². The Morgan fingerprint density at radius 3 is 2.62 bits per heavy atom. The molecule has 0 spiro atoms. The monoisotopic (exact) mass is 411 g/mol. The number of hydrogen-bond acceptors (Lipinski definition) is 3. The molecule has 7 heteroatoms. The number of pyridine rings is 1. The molecule has 2 aromatic carbocycles. The molecule has 0 amide bonds. The summed E-state index contributed by atoms with van der Waals surface area (Å²) in [6, 6.07) is 14.6. The fourth-order valence-corrected chi connectivity index (χ4v) is 3.98. The van der Waals surface area contributed by atoms with Crippen LogP contribution in [0.1, 0.15) is 38.3 Å². The number of H-pyrrole nitrogens is 1. The van der Waals surface area contributed by atoms with Gasteiger partial charge in [0.15, 0.2) is 4.77 Å². The van der Waals surface area contributed by atoms with Crippen molar-refractivity contribution >= 4 is 34.0 Å². The number of nitrogens with zero attached hydrogens (tertiary/aromatic N) is 2. The third-order valence-corrected chi connectivity index (χ3v) is 5.56. The predicted molar refractivity (Wildman–Crippen MR) is 114 cm³/mol. The normalized spacial score (nSPS) is 12.7.